The molecular weight excluding hydrogens is 601 g/mol. The molecule has 0 bridgehead atoms. The molecule has 282 valence electrons. The maximum absolute atomic E-state index is 13.2. The van der Waals surface area contributed by atoms with Crippen molar-refractivity contribution in [3.8, 4) is 0 Å². The van der Waals surface area contributed by atoms with Gasteiger partial charge in [0.25, 0.3) is 0 Å². The van der Waals surface area contributed by atoms with Crippen LogP contribution in [0.5, 0.6) is 0 Å². The van der Waals surface area contributed by atoms with Crippen LogP contribution in [0.2, 0.25) is 0 Å². The van der Waals surface area contributed by atoms with E-state index in [1.165, 1.54) is 121 Å². The summed E-state index contributed by atoms with van der Waals surface area (Å²) in [5, 5.41) is 10.9. The van der Waals surface area contributed by atoms with Crippen LogP contribution in [-0.4, -0.2) is 23.8 Å². The second kappa shape index (κ2) is 16.0. The number of aliphatic hydroxyl groups excluding tert-OH is 1. The number of rotatable bonds is 16. The van der Waals surface area contributed by atoms with Crippen LogP contribution in [0.4, 0.5) is 0 Å². The molecule has 0 aliphatic heterocycles. The molecule has 0 aromatic rings. The molecule has 0 radical (unpaired) electrons. The lowest BCUT2D eigenvalue weighted by Crippen LogP contribution is -2.67. The van der Waals surface area contributed by atoms with Crippen LogP contribution in [0.1, 0.15) is 203 Å². The number of hydrogen-bond donors (Lipinski definition) is 1. The molecule has 49 heavy (non-hydrogen) atoms. The fourth-order valence-electron chi connectivity index (χ4n) is 14.1. The van der Waals surface area contributed by atoms with Gasteiger partial charge in [-0.05, 0) is 122 Å². The topological polar surface area (TPSA) is 46.5 Å². The number of esters is 1. The van der Waals surface area contributed by atoms with Gasteiger partial charge in [-0.1, -0.05) is 138 Å². The summed E-state index contributed by atoms with van der Waals surface area (Å²) in [7, 11) is 0. The minimum atomic E-state index is 0.00593. The van der Waals surface area contributed by atoms with Gasteiger partial charge in [-0.3, -0.25) is 4.79 Å². The highest BCUT2D eigenvalue weighted by Gasteiger charge is 2.70. The zero-order valence-corrected chi connectivity index (χ0v) is 33.6. The minimum absolute atomic E-state index is 0.00593. The predicted octanol–water partition coefficient (Wildman–Crippen LogP) is 13.0. The zero-order chi connectivity index (χ0) is 35.5. The number of ether oxygens (including phenoxy) is 1. The Labute approximate surface area is 304 Å². The summed E-state index contributed by atoms with van der Waals surface area (Å²) in [4.78, 5) is 13.2. The molecule has 5 rings (SSSR count). The smallest absolute Gasteiger partial charge is 0.306 e. The molecular formula is C46H80O3. The van der Waals surface area contributed by atoms with E-state index >= 15 is 0 Å². The van der Waals surface area contributed by atoms with Gasteiger partial charge < -0.3 is 9.84 Å². The standard InChI is InChI=1S/C46H80O3/c1-9-10-11-12-13-14-15-16-17-18-19-20-21-22-40(48)49-39-27-28-43(6)37(42(39,4)5)26-29-45(8)38(43)24-23-36-41-35(3)34(2)25-30-46(41,33-47)32-31-44(36,45)7/h35-39,41,47H,2,9-33H2,1,3-8H3/t35-,36-,37+,38-,39+,41-,43+,44-,45-,46-/m1/s1. The second-order valence-corrected chi connectivity index (χ2v) is 20.0. The maximum atomic E-state index is 13.2. The summed E-state index contributed by atoms with van der Waals surface area (Å²) in [5.74, 6) is 3.12. The fourth-order valence-corrected chi connectivity index (χ4v) is 14.1. The molecule has 0 unspecified atom stereocenters. The van der Waals surface area contributed by atoms with Gasteiger partial charge in [0.15, 0.2) is 0 Å². The van der Waals surface area contributed by atoms with Crippen molar-refractivity contribution in [1.29, 1.82) is 0 Å². The maximum Gasteiger partial charge on any atom is 0.306 e. The van der Waals surface area contributed by atoms with E-state index in [-0.39, 0.29) is 28.3 Å². The monoisotopic (exact) mass is 681 g/mol. The van der Waals surface area contributed by atoms with Crippen molar-refractivity contribution in [3.05, 3.63) is 12.2 Å². The van der Waals surface area contributed by atoms with Crippen molar-refractivity contribution >= 4 is 5.97 Å². The number of carbonyl (C=O) groups is 1. The third kappa shape index (κ3) is 7.38. The number of carbonyl (C=O) groups excluding carboxylic acids is 1. The Morgan fingerprint density at radius 1 is 0.735 bits per heavy atom. The lowest BCUT2D eigenvalue weighted by molar-refractivity contribution is -0.257. The summed E-state index contributed by atoms with van der Waals surface area (Å²) in [6.07, 6.45) is 30.0. The highest BCUT2D eigenvalue weighted by atomic mass is 16.5. The third-order valence-corrected chi connectivity index (χ3v) is 17.4. The van der Waals surface area contributed by atoms with Gasteiger partial charge in [0.05, 0.1) is 0 Å². The summed E-state index contributed by atoms with van der Waals surface area (Å²) < 4.78 is 6.41. The van der Waals surface area contributed by atoms with Crippen LogP contribution in [0.25, 0.3) is 0 Å². The molecule has 3 heteroatoms. The van der Waals surface area contributed by atoms with Crippen LogP contribution in [0.3, 0.4) is 0 Å². The van der Waals surface area contributed by atoms with Gasteiger partial charge in [-0.2, -0.15) is 0 Å². The Morgan fingerprint density at radius 2 is 1.35 bits per heavy atom. The molecule has 0 aromatic carbocycles. The first-order chi connectivity index (χ1) is 23.3. The predicted molar refractivity (Wildman–Crippen MR) is 206 cm³/mol. The van der Waals surface area contributed by atoms with E-state index in [1.54, 1.807) is 0 Å². The molecule has 5 saturated carbocycles. The lowest BCUT2D eigenvalue weighted by atomic mass is 9.31. The summed E-state index contributed by atoms with van der Waals surface area (Å²) >= 11 is 0. The Kier molecular flexibility index (Phi) is 12.9. The number of allylic oxidation sites excluding steroid dienone is 1. The van der Waals surface area contributed by atoms with Crippen LogP contribution < -0.4 is 0 Å². The first-order valence-corrected chi connectivity index (χ1v) is 21.8. The van der Waals surface area contributed by atoms with Crippen LogP contribution in [0.15, 0.2) is 12.2 Å². The molecule has 0 aromatic heterocycles. The average molecular weight is 681 g/mol. The molecule has 5 fully saturated rings. The molecule has 5 aliphatic rings. The summed E-state index contributed by atoms with van der Waals surface area (Å²) in [6.45, 7) is 22.6. The fraction of sp³-hybridized carbons (Fsp3) is 0.935. The van der Waals surface area contributed by atoms with Gasteiger partial charge in [0, 0.05) is 18.4 Å². The lowest BCUT2D eigenvalue weighted by Gasteiger charge is -2.74. The molecule has 5 aliphatic carbocycles. The number of fused-ring (bicyclic) bond motifs is 7. The van der Waals surface area contributed by atoms with Crippen molar-refractivity contribution in [3.63, 3.8) is 0 Å². The van der Waals surface area contributed by atoms with Gasteiger partial charge in [0.2, 0.25) is 0 Å². The number of aliphatic hydroxyl groups is 1. The SMILES string of the molecule is C=C1CC[C@]2(CO)CC[C@]3(C)[C@H](CC[C@@H]4[C@@]5(C)CC[C@H](OC(=O)CCCCCCCCCCCCCCC)C(C)(C)[C@@H]5CC[C@]43C)[C@H]2[C@@H]1C. The summed E-state index contributed by atoms with van der Waals surface area (Å²) in [6, 6.07) is 0. The number of unbranched alkanes of at least 4 members (excludes halogenated alkanes) is 12. The van der Waals surface area contributed by atoms with Gasteiger partial charge in [0.1, 0.15) is 6.10 Å². The molecule has 0 amide bonds. The minimum Gasteiger partial charge on any atom is -0.462 e. The van der Waals surface area contributed by atoms with E-state index in [0.29, 0.717) is 53.4 Å². The van der Waals surface area contributed by atoms with Crippen molar-refractivity contribution in [2.75, 3.05) is 6.61 Å². The van der Waals surface area contributed by atoms with Crippen LogP contribution in [-0.2, 0) is 9.53 Å². The first kappa shape index (κ1) is 39.4. The zero-order valence-electron chi connectivity index (χ0n) is 33.6. The van der Waals surface area contributed by atoms with Crippen molar-refractivity contribution in [1.82, 2.24) is 0 Å². The molecule has 0 spiro atoms. The summed E-state index contributed by atoms with van der Waals surface area (Å²) in [5.41, 5.74) is 2.45. The van der Waals surface area contributed by atoms with Gasteiger partial charge >= 0.3 is 5.97 Å². The van der Waals surface area contributed by atoms with Gasteiger partial charge in [-0.25, -0.2) is 0 Å². The van der Waals surface area contributed by atoms with E-state index in [1.807, 2.05) is 0 Å². The van der Waals surface area contributed by atoms with Crippen molar-refractivity contribution in [2.45, 2.75) is 209 Å². The van der Waals surface area contributed by atoms with E-state index in [9.17, 15) is 9.90 Å². The Morgan fingerprint density at radius 3 is 1.96 bits per heavy atom. The highest BCUT2D eigenvalue weighted by Crippen LogP contribution is 2.77. The van der Waals surface area contributed by atoms with Crippen LogP contribution in [0, 0.1) is 56.7 Å². The normalized spacial score (nSPS) is 41.3. The van der Waals surface area contributed by atoms with Gasteiger partial charge in [-0.15, -0.1) is 0 Å². The Bertz CT molecular complexity index is 1110. The van der Waals surface area contributed by atoms with E-state index in [2.05, 4.69) is 55.0 Å². The molecule has 0 heterocycles. The average Bonchev–Trinajstić information content (AvgIpc) is 3.06. The Hall–Kier alpha value is -0.830. The van der Waals surface area contributed by atoms with E-state index < -0.39 is 0 Å². The van der Waals surface area contributed by atoms with Crippen molar-refractivity contribution < 1.29 is 14.6 Å². The van der Waals surface area contributed by atoms with E-state index in [4.69, 9.17) is 4.74 Å². The third-order valence-electron chi connectivity index (χ3n) is 17.4. The second-order valence-electron chi connectivity index (χ2n) is 20.0. The number of hydrogen-bond acceptors (Lipinski definition) is 3. The molecule has 0 saturated heterocycles. The first-order valence-electron chi connectivity index (χ1n) is 21.8. The molecule has 1 N–H and O–H groups in total. The largest absolute Gasteiger partial charge is 0.462 e. The molecule has 3 nitrogen and oxygen atoms in total. The van der Waals surface area contributed by atoms with Crippen molar-refractivity contribution in [2.24, 2.45) is 56.7 Å². The quantitative estimate of drug-likeness (QED) is 0.100. The molecule has 10 atom stereocenters. The van der Waals surface area contributed by atoms with Crippen LogP contribution >= 0.6 is 0 Å². The Balaban J connectivity index is 1.12. The van der Waals surface area contributed by atoms with E-state index in [0.717, 1.165) is 32.1 Å². The highest BCUT2D eigenvalue weighted by molar-refractivity contribution is 5.69.